The molecule has 2 rings (SSSR count). The Morgan fingerprint density at radius 1 is 1.57 bits per heavy atom. The van der Waals surface area contributed by atoms with E-state index in [0.29, 0.717) is 11.3 Å². The summed E-state index contributed by atoms with van der Waals surface area (Å²) in [5.41, 5.74) is 1.40. The van der Waals surface area contributed by atoms with Gasteiger partial charge in [0.05, 0.1) is 0 Å². The standard InChI is InChI=1S/C12H14ClF/c1-12(7-10(12)8-13)6-9-3-2-4-11(14)5-9/h2-5,10H,6-8H2,1H3. The largest absolute Gasteiger partial charge is 0.207 e. The lowest BCUT2D eigenvalue weighted by molar-refractivity contribution is 0.517. The Kier molecular flexibility index (Phi) is 2.52. The quantitative estimate of drug-likeness (QED) is 0.672. The van der Waals surface area contributed by atoms with E-state index in [1.807, 2.05) is 6.07 Å². The zero-order chi connectivity index (χ0) is 10.2. The lowest BCUT2D eigenvalue weighted by Gasteiger charge is -2.10. The average Bonchev–Trinajstić information content (AvgIpc) is 2.76. The van der Waals surface area contributed by atoms with Crippen LogP contribution in [0.1, 0.15) is 18.9 Å². The number of halogens is 2. The number of alkyl halides is 1. The highest BCUT2D eigenvalue weighted by molar-refractivity contribution is 6.18. The number of hydrogen-bond acceptors (Lipinski definition) is 0. The second-order valence-corrected chi connectivity index (χ2v) is 4.82. The zero-order valence-corrected chi connectivity index (χ0v) is 9.02. The first-order valence-electron chi connectivity index (χ1n) is 4.94. The van der Waals surface area contributed by atoms with Crippen molar-refractivity contribution >= 4 is 11.6 Å². The highest BCUT2D eigenvalue weighted by atomic mass is 35.5. The highest BCUT2D eigenvalue weighted by Crippen LogP contribution is 2.54. The first-order chi connectivity index (χ1) is 6.64. The molecule has 0 amide bonds. The molecule has 0 heterocycles. The maximum absolute atomic E-state index is 12.9. The number of hydrogen-bond donors (Lipinski definition) is 0. The van der Waals surface area contributed by atoms with Crippen LogP contribution in [0.25, 0.3) is 0 Å². The third-order valence-corrected chi connectivity index (χ3v) is 3.59. The summed E-state index contributed by atoms with van der Waals surface area (Å²) in [6, 6.07) is 6.86. The minimum absolute atomic E-state index is 0.144. The molecule has 0 bridgehead atoms. The molecular formula is C12H14ClF. The minimum Gasteiger partial charge on any atom is -0.207 e. The smallest absolute Gasteiger partial charge is 0.123 e. The van der Waals surface area contributed by atoms with Crippen LogP contribution in [0.2, 0.25) is 0 Å². The molecule has 1 saturated carbocycles. The maximum Gasteiger partial charge on any atom is 0.123 e. The molecule has 14 heavy (non-hydrogen) atoms. The minimum atomic E-state index is -0.144. The molecule has 2 unspecified atom stereocenters. The molecule has 2 heteroatoms. The van der Waals surface area contributed by atoms with Crippen LogP contribution in [0.4, 0.5) is 4.39 Å². The molecule has 1 aliphatic rings. The molecule has 0 radical (unpaired) electrons. The van der Waals surface area contributed by atoms with Gasteiger partial charge in [0.2, 0.25) is 0 Å². The summed E-state index contributed by atoms with van der Waals surface area (Å²) < 4.78 is 12.9. The van der Waals surface area contributed by atoms with E-state index in [1.165, 1.54) is 12.5 Å². The van der Waals surface area contributed by atoms with Crippen LogP contribution in [0.3, 0.4) is 0 Å². The molecule has 2 atom stereocenters. The molecule has 1 aromatic rings. The van der Waals surface area contributed by atoms with Crippen molar-refractivity contribution in [2.75, 3.05) is 5.88 Å². The Hall–Kier alpha value is -0.560. The van der Waals surface area contributed by atoms with E-state index in [9.17, 15) is 4.39 Å². The Morgan fingerprint density at radius 2 is 2.36 bits per heavy atom. The van der Waals surface area contributed by atoms with Gasteiger partial charge in [-0.3, -0.25) is 0 Å². The fraction of sp³-hybridized carbons (Fsp3) is 0.500. The fourth-order valence-electron chi connectivity index (χ4n) is 2.07. The van der Waals surface area contributed by atoms with Gasteiger partial charge in [0.15, 0.2) is 0 Å². The van der Waals surface area contributed by atoms with Crippen molar-refractivity contribution in [1.82, 2.24) is 0 Å². The number of rotatable bonds is 3. The normalized spacial score (nSPS) is 30.4. The van der Waals surface area contributed by atoms with Crippen molar-refractivity contribution in [3.8, 4) is 0 Å². The van der Waals surface area contributed by atoms with Crippen molar-refractivity contribution in [1.29, 1.82) is 0 Å². The third-order valence-electron chi connectivity index (χ3n) is 3.22. The van der Waals surface area contributed by atoms with Gasteiger partial charge in [-0.05, 0) is 41.9 Å². The van der Waals surface area contributed by atoms with Crippen LogP contribution in [-0.2, 0) is 6.42 Å². The Bertz CT molecular complexity index is 337. The second kappa shape index (κ2) is 3.54. The summed E-state index contributed by atoms with van der Waals surface area (Å²) >= 11 is 5.81. The third kappa shape index (κ3) is 1.93. The predicted molar refractivity (Wildman–Crippen MR) is 57.0 cm³/mol. The van der Waals surface area contributed by atoms with Gasteiger partial charge in [-0.25, -0.2) is 4.39 Å². The van der Waals surface area contributed by atoms with Crippen molar-refractivity contribution in [2.24, 2.45) is 11.3 Å². The summed E-state index contributed by atoms with van der Waals surface area (Å²) in [7, 11) is 0. The van der Waals surface area contributed by atoms with Crippen LogP contribution >= 0.6 is 11.6 Å². The monoisotopic (exact) mass is 212 g/mol. The first-order valence-corrected chi connectivity index (χ1v) is 5.48. The van der Waals surface area contributed by atoms with Crippen LogP contribution < -0.4 is 0 Å². The van der Waals surface area contributed by atoms with E-state index in [1.54, 1.807) is 12.1 Å². The molecule has 0 N–H and O–H groups in total. The molecule has 0 aliphatic heterocycles. The number of benzene rings is 1. The van der Waals surface area contributed by atoms with Gasteiger partial charge < -0.3 is 0 Å². The molecule has 0 spiro atoms. The summed E-state index contributed by atoms with van der Waals surface area (Å²) in [5.74, 6) is 1.20. The molecule has 1 aliphatic carbocycles. The van der Waals surface area contributed by atoms with Crippen molar-refractivity contribution in [3.05, 3.63) is 35.6 Å². The van der Waals surface area contributed by atoms with E-state index >= 15 is 0 Å². The van der Waals surface area contributed by atoms with E-state index in [4.69, 9.17) is 11.6 Å². The van der Waals surface area contributed by atoms with Crippen molar-refractivity contribution < 1.29 is 4.39 Å². The van der Waals surface area contributed by atoms with E-state index in [-0.39, 0.29) is 5.82 Å². The molecule has 1 fully saturated rings. The molecular weight excluding hydrogens is 199 g/mol. The SMILES string of the molecule is CC1(Cc2cccc(F)c2)CC1CCl. The van der Waals surface area contributed by atoms with Gasteiger partial charge in [-0.15, -0.1) is 11.6 Å². The Morgan fingerprint density at radius 3 is 2.93 bits per heavy atom. The van der Waals surface area contributed by atoms with Crippen LogP contribution in [0, 0.1) is 17.2 Å². The fourth-order valence-corrected chi connectivity index (χ4v) is 2.56. The first kappa shape index (κ1) is 9.97. The second-order valence-electron chi connectivity index (χ2n) is 4.52. The van der Waals surface area contributed by atoms with E-state index in [0.717, 1.165) is 17.9 Å². The van der Waals surface area contributed by atoms with Crippen molar-refractivity contribution in [3.63, 3.8) is 0 Å². The summed E-state index contributed by atoms with van der Waals surface area (Å²) in [6.07, 6.45) is 2.12. The molecule has 0 saturated heterocycles. The van der Waals surface area contributed by atoms with Gasteiger partial charge in [0.25, 0.3) is 0 Å². The summed E-state index contributed by atoms with van der Waals surface area (Å²) in [4.78, 5) is 0. The predicted octanol–water partition coefficient (Wildman–Crippen LogP) is 3.63. The van der Waals surface area contributed by atoms with Crippen molar-refractivity contribution in [2.45, 2.75) is 19.8 Å². The van der Waals surface area contributed by atoms with Gasteiger partial charge in [0.1, 0.15) is 5.82 Å². The van der Waals surface area contributed by atoms with Crippen LogP contribution in [0.15, 0.2) is 24.3 Å². The lowest BCUT2D eigenvalue weighted by atomic mass is 9.96. The average molecular weight is 213 g/mol. The van der Waals surface area contributed by atoms with E-state index in [2.05, 4.69) is 6.92 Å². The maximum atomic E-state index is 12.9. The topological polar surface area (TPSA) is 0 Å². The van der Waals surface area contributed by atoms with E-state index < -0.39 is 0 Å². The Balaban J connectivity index is 2.05. The van der Waals surface area contributed by atoms with Gasteiger partial charge in [-0.2, -0.15) is 0 Å². The van der Waals surface area contributed by atoms with Gasteiger partial charge in [0, 0.05) is 5.88 Å². The lowest BCUT2D eigenvalue weighted by Crippen LogP contribution is -2.04. The molecule has 0 nitrogen and oxygen atoms in total. The van der Waals surface area contributed by atoms with Gasteiger partial charge in [-0.1, -0.05) is 19.1 Å². The summed E-state index contributed by atoms with van der Waals surface area (Å²) in [6.45, 7) is 2.23. The molecule has 0 aromatic heterocycles. The molecule has 1 aromatic carbocycles. The van der Waals surface area contributed by atoms with Gasteiger partial charge >= 0.3 is 0 Å². The van der Waals surface area contributed by atoms with Crippen LogP contribution in [-0.4, -0.2) is 5.88 Å². The zero-order valence-electron chi connectivity index (χ0n) is 8.26. The highest BCUT2D eigenvalue weighted by Gasteiger charge is 2.48. The molecule has 76 valence electrons. The summed E-state index contributed by atoms with van der Waals surface area (Å²) in [5, 5.41) is 0. The Labute approximate surface area is 89.1 Å². The van der Waals surface area contributed by atoms with Crippen LogP contribution in [0.5, 0.6) is 0 Å².